The number of carbonyl (C=O) groups excluding carboxylic acids is 1. The molecule has 0 amide bonds. The van der Waals surface area contributed by atoms with Crippen molar-refractivity contribution in [3.63, 3.8) is 0 Å². The van der Waals surface area contributed by atoms with Gasteiger partial charge in [-0.3, -0.25) is 4.79 Å². The van der Waals surface area contributed by atoms with Gasteiger partial charge in [-0.2, -0.15) is 0 Å². The van der Waals surface area contributed by atoms with Gasteiger partial charge in [-0.15, -0.1) is 0 Å². The summed E-state index contributed by atoms with van der Waals surface area (Å²) in [5, 5.41) is 69.9. The van der Waals surface area contributed by atoms with E-state index in [1.54, 1.807) is 0 Å². The number of esters is 1. The number of aliphatic hydroxyl groups is 7. The quantitative estimate of drug-likeness (QED) is 0.106. The molecule has 2 heterocycles. The molecule has 9 atom stereocenters. The van der Waals surface area contributed by atoms with E-state index in [9.17, 15) is 40.5 Å². The van der Waals surface area contributed by atoms with Crippen LogP contribution in [0.5, 0.6) is 0 Å². The molecule has 0 saturated carbocycles. The van der Waals surface area contributed by atoms with Gasteiger partial charge in [-0.25, -0.2) is 0 Å². The van der Waals surface area contributed by atoms with Crippen LogP contribution in [0.15, 0.2) is 0 Å². The molecule has 2 aliphatic rings. The van der Waals surface area contributed by atoms with Crippen molar-refractivity contribution in [2.45, 2.75) is 113 Å². The summed E-state index contributed by atoms with van der Waals surface area (Å²) in [5.41, 5.74) is 0. The monoisotopic (exact) mass is 496 g/mol. The standard InChI is InChI=1S/C22H40O12/c1-2-3-4-5-6-7-8-9-15(25)31-11-14-16(26)18(28)19(29)21(32-14)34-22(12-24)20(30)17(27)13(10-23)33-22/h13-14,16-21,23-24,26-30H,2-12H2,1H3/t13-,14-,16-,17-,18+,19-,20+,21-,22+/m0/s1. The van der Waals surface area contributed by atoms with Gasteiger partial charge < -0.3 is 54.7 Å². The van der Waals surface area contributed by atoms with Gasteiger partial charge in [0.2, 0.25) is 5.79 Å². The lowest BCUT2D eigenvalue weighted by molar-refractivity contribution is -0.383. The first-order chi connectivity index (χ1) is 16.2. The second kappa shape index (κ2) is 14.0. The van der Waals surface area contributed by atoms with Gasteiger partial charge in [0.15, 0.2) is 6.29 Å². The molecular formula is C22H40O12. The van der Waals surface area contributed by atoms with Crippen molar-refractivity contribution in [1.29, 1.82) is 0 Å². The van der Waals surface area contributed by atoms with E-state index in [0.29, 0.717) is 6.42 Å². The van der Waals surface area contributed by atoms with Crippen LogP contribution in [0.25, 0.3) is 0 Å². The Labute approximate surface area is 199 Å². The maximum absolute atomic E-state index is 12.0. The molecule has 200 valence electrons. The molecule has 0 aromatic rings. The van der Waals surface area contributed by atoms with Crippen molar-refractivity contribution in [3.05, 3.63) is 0 Å². The molecule has 2 rings (SSSR count). The topological polar surface area (TPSA) is 196 Å². The van der Waals surface area contributed by atoms with Crippen LogP contribution < -0.4 is 0 Å². The molecular weight excluding hydrogens is 456 g/mol. The Morgan fingerprint density at radius 2 is 1.50 bits per heavy atom. The summed E-state index contributed by atoms with van der Waals surface area (Å²) in [6.07, 6.45) is -5.45. The van der Waals surface area contributed by atoms with Crippen LogP contribution in [0, 0.1) is 0 Å². The Hall–Kier alpha value is -0.930. The highest BCUT2D eigenvalue weighted by molar-refractivity contribution is 5.69. The summed E-state index contributed by atoms with van der Waals surface area (Å²) in [5.74, 6) is -2.77. The van der Waals surface area contributed by atoms with E-state index in [1.807, 2.05) is 0 Å². The first-order valence-electron chi connectivity index (χ1n) is 12.0. The lowest BCUT2D eigenvalue weighted by atomic mass is 9.99. The van der Waals surface area contributed by atoms with Crippen molar-refractivity contribution in [2.24, 2.45) is 0 Å². The van der Waals surface area contributed by atoms with Gasteiger partial charge >= 0.3 is 5.97 Å². The fraction of sp³-hybridized carbons (Fsp3) is 0.955. The van der Waals surface area contributed by atoms with Crippen molar-refractivity contribution < 1.29 is 59.5 Å². The summed E-state index contributed by atoms with van der Waals surface area (Å²) in [4.78, 5) is 12.0. The van der Waals surface area contributed by atoms with Crippen LogP contribution >= 0.6 is 0 Å². The van der Waals surface area contributed by atoms with Crippen LogP contribution in [-0.4, -0.2) is 116 Å². The van der Waals surface area contributed by atoms with E-state index >= 15 is 0 Å². The number of rotatable bonds is 14. The molecule has 0 aromatic heterocycles. The zero-order chi connectivity index (χ0) is 25.3. The van der Waals surface area contributed by atoms with Crippen molar-refractivity contribution in [3.8, 4) is 0 Å². The third-order valence-corrected chi connectivity index (χ3v) is 6.28. The highest BCUT2D eigenvalue weighted by Crippen LogP contribution is 2.36. The SMILES string of the molecule is CCCCCCCCCC(=O)OC[C@@H]1O[C@@H](O[C@@]2(CO)O[C@@H](CO)[C@H](O)[C@H]2O)[C@@H](O)[C@H](O)[C@H]1O. The Morgan fingerprint density at radius 1 is 0.853 bits per heavy atom. The average Bonchev–Trinajstić information content (AvgIpc) is 3.08. The third kappa shape index (κ3) is 7.29. The van der Waals surface area contributed by atoms with Crippen LogP contribution in [0.3, 0.4) is 0 Å². The molecule has 0 aliphatic carbocycles. The van der Waals surface area contributed by atoms with Crippen LogP contribution in [0.2, 0.25) is 0 Å². The lowest BCUT2D eigenvalue weighted by Gasteiger charge is -2.43. The number of unbranched alkanes of at least 4 members (excludes halogenated alkanes) is 6. The number of hydrogen-bond acceptors (Lipinski definition) is 12. The second-order valence-electron chi connectivity index (χ2n) is 8.93. The molecule has 2 aliphatic heterocycles. The number of aliphatic hydroxyl groups excluding tert-OH is 7. The molecule has 2 fully saturated rings. The molecule has 0 spiro atoms. The maximum Gasteiger partial charge on any atom is 0.305 e. The number of hydrogen-bond donors (Lipinski definition) is 7. The second-order valence-corrected chi connectivity index (χ2v) is 8.93. The average molecular weight is 497 g/mol. The Bertz CT molecular complexity index is 606. The van der Waals surface area contributed by atoms with Crippen LogP contribution in [0.4, 0.5) is 0 Å². The largest absolute Gasteiger partial charge is 0.463 e. The molecule has 2 saturated heterocycles. The highest BCUT2D eigenvalue weighted by atomic mass is 16.8. The van der Waals surface area contributed by atoms with Gasteiger partial charge in [0.1, 0.15) is 55.9 Å². The zero-order valence-electron chi connectivity index (χ0n) is 19.6. The molecule has 12 nitrogen and oxygen atoms in total. The Kier molecular flexibility index (Phi) is 12.0. The molecule has 0 bridgehead atoms. The maximum atomic E-state index is 12.0. The number of ether oxygens (including phenoxy) is 4. The van der Waals surface area contributed by atoms with Crippen molar-refractivity contribution in [1.82, 2.24) is 0 Å². The lowest BCUT2D eigenvalue weighted by Crippen LogP contribution is -2.62. The van der Waals surface area contributed by atoms with Gasteiger partial charge in [0.05, 0.1) is 6.61 Å². The Morgan fingerprint density at radius 3 is 2.09 bits per heavy atom. The normalized spacial score (nSPS) is 38.2. The third-order valence-electron chi connectivity index (χ3n) is 6.28. The fourth-order valence-corrected chi connectivity index (χ4v) is 4.09. The summed E-state index contributed by atoms with van der Waals surface area (Å²) >= 11 is 0. The molecule has 7 N–H and O–H groups in total. The predicted octanol–water partition coefficient (Wildman–Crippen LogP) is -1.70. The predicted molar refractivity (Wildman–Crippen MR) is 115 cm³/mol. The van der Waals surface area contributed by atoms with E-state index in [1.165, 1.54) is 19.3 Å². The van der Waals surface area contributed by atoms with Crippen molar-refractivity contribution >= 4 is 5.97 Å². The Balaban J connectivity index is 1.88. The molecule has 34 heavy (non-hydrogen) atoms. The van der Waals surface area contributed by atoms with Gasteiger partial charge in [-0.1, -0.05) is 45.4 Å². The first-order valence-corrected chi connectivity index (χ1v) is 12.0. The van der Waals surface area contributed by atoms with Gasteiger partial charge in [0.25, 0.3) is 0 Å². The molecule has 0 radical (unpaired) electrons. The smallest absolute Gasteiger partial charge is 0.305 e. The molecule has 0 unspecified atom stereocenters. The van der Waals surface area contributed by atoms with Gasteiger partial charge in [0, 0.05) is 6.42 Å². The summed E-state index contributed by atoms with van der Waals surface area (Å²) in [6, 6.07) is 0. The van der Waals surface area contributed by atoms with Gasteiger partial charge in [-0.05, 0) is 6.42 Å². The van der Waals surface area contributed by atoms with Crippen LogP contribution in [0.1, 0.15) is 58.3 Å². The number of carbonyl (C=O) groups is 1. The van der Waals surface area contributed by atoms with E-state index in [2.05, 4.69) is 6.92 Å². The van der Waals surface area contributed by atoms with E-state index in [4.69, 9.17) is 18.9 Å². The van der Waals surface area contributed by atoms with E-state index < -0.39 is 80.6 Å². The summed E-state index contributed by atoms with van der Waals surface area (Å²) in [7, 11) is 0. The minimum atomic E-state index is -2.27. The van der Waals surface area contributed by atoms with Crippen molar-refractivity contribution in [2.75, 3.05) is 19.8 Å². The van der Waals surface area contributed by atoms with E-state index in [-0.39, 0.29) is 6.42 Å². The summed E-state index contributed by atoms with van der Waals surface area (Å²) < 4.78 is 21.3. The molecule has 12 heteroatoms. The fourth-order valence-electron chi connectivity index (χ4n) is 4.09. The minimum absolute atomic E-state index is 0.190. The zero-order valence-corrected chi connectivity index (χ0v) is 19.6. The molecule has 0 aromatic carbocycles. The van der Waals surface area contributed by atoms with Crippen LogP contribution in [-0.2, 0) is 23.7 Å². The highest BCUT2D eigenvalue weighted by Gasteiger charge is 2.58. The van der Waals surface area contributed by atoms with E-state index in [0.717, 1.165) is 19.3 Å². The first kappa shape index (κ1) is 29.3. The minimum Gasteiger partial charge on any atom is -0.463 e. The summed E-state index contributed by atoms with van der Waals surface area (Å²) in [6.45, 7) is 0.0448.